The first-order valence-corrected chi connectivity index (χ1v) is 13.2. The number of alkyl carbamates (subject to hydrolysis) is 1. The summed E-state index contributed by atoms with van der Waals surface area (Å²) in [6.07, 6.45) is 2.64. The van der Waals surface area contributed by atoms with Gasteiger partial charge in [-0.05, 0) is 68.5 Å². The zero-order valence-electron chi connectivity index (χ0n) is 21.7. The third-order valence-corrected chi connectivity index (χ3v) is 7.28. The van der Waals surface area contributed by atoms with Gasteiger partial charge >= 0.3 is 6.09 Å². The first-order valence-electron chi connectivity index (χ1n) is 13.2. The molecule has 0 unspecified atom stereocenters. The molecule has 1 aliphatic heterocycles. The summed E-state index contributed by atoms with van der Waals surface area (Å²) in [5.41, 5.74) is 4.41. The third kappa shape index (κ3) is 5.25. The quantitative estimate of drug-likeness (QED) is 0.304. The summed E-state index contributed by atoms with van der Waals surface area (Å²) in [6, 6.07) is 21.0. The number of benzene rings is 2. The lowest BCUT2D eigenvalue weighted by Gasteiger charge is -2.28. The molecule has 0 bridgehead atoms. The molecule has 2 aromatic heterocycles. The monoisotopic (exact) mass is 526 g/mol. The minimum Gasteiger partial charge on any atom is -0.454 e. The highest BCUT2D eigenvalue weighted by molar-refractivity contribution is 5.78. The van der Waals surface area contributed by atoms with Crippen molar-refractivity contribution in [3.05, 3.63) is 83.8 Å². The van der Waals surface area contributed by atoms with Crippen LogP contribution in [0.25, 0.3) is 22.6 Å². The molecule has 0 spiro atoms. The van der Waals surface area contributed by atoms with Gasteiger partial charge in [0, 0.05) is 23.2 Å². The van der Waals surface area contributed by atoms with Crippen LogP contribution in [0.5, 0.6) is 11.5 Å². The highest BCUT2D eigenvalue weighted by atomic mass is 16.7. The lowest BCUT2D eigenvalue weighted by atomic mass is 9.85. The van der Waals surface area contributed by atoms with Gasteiger partial charge in [0.15, 0.2) is 11.5 Å². The summed E-state index contributed by atoms with van der Waals surface area (Å²) in [7, 11) is 0. The van der Waals surface area contributed by atoms with E-state index in [1.807, 2.05) is 73.7 Å². The number of rotatable bonds is 6. The van der Waals surface area contributed by atoms with Crippen molar-refractivity contribution < 1.29 is 24.2 Å². The highest BCUT2D eigenvalue weighted by Gasteiger charge is 2.31. The van der Waals surface area contributed by atoms with Crippen molar-refractivity contribution in [3.8, 4) is 34.1 Å². The maximum atomic E-state index is 12.3. The van der Waals surface area contributed by atoms with Crippen LogP contribution >= 0.6 is 0 Å². The molecular weight excluding hydrogens is 496 g/mol. The van der Waals surface area contributed by atoms with Crippen LogP contribution in [-0.2, 0) is 11.3 Å². The number of fused-ring (bicyclic) bond motifs is 1. The zero-order chi connectivity index (χ0) is 26.8. The molecule has 0 atom stereocenters. The first-order chi connectivity index (χ1) is 19.0. The van der Waals surface area contributed by atoms with Crippen LogP contribution in [0, 0.1) is 6.92 Å². The summed E-state index contributed by atoms with van der Waals surface area (Å²) >= 11 is 0. The minimum absolute atomic E-state index is 0.0119. The summed E-state index contributed by atoms with van der Waals surface area (Å²) in [5, 5.41) is 14.4. The van der Waals surface area contributed by atoms with Gasteiger partial charge in [0.2, 0.25) is 6.79 Å². The highest BCUT2D eigenvalue weighted by Crippen LogP contribution is 2.41. The van der Waals surface area contributed by atoms with E-state index < -0.39 is 6.09 Å². The fraction of sp³-hybridized carbons (Fsp3) is 0.300. The Balaban J connectivity index is 1.20. The summed E-state index contributed by atoms with van der Waals surface area (Å²) in [4.78, 5) is 22.0. The summed E-state index contributed by atoms with van der Waals surface area (Å²) < 4.78 is 17.6. The molecule has 1 fully saturated rings. The second-order valence-corrected chi connectivity index (χ2v) is 9.97. The lowest BCUT2D eigenvalue weighted by molar-refractivity contribution is 0.131. The average Bonchev–Trinajstić information content (AvgIpc) is 3.57. The number of imidazole rings is 1. The van der Waals surface area contributed by atoms with Crippen molar-refractivity contribution in [2.24, 2.45) is 0 Å². The number of nitrogens with one attached hydrogen (secondary N) is 1. The maximum absolute atomic E-state index is 12.3. The number of ether oxygens (including phenoxy) is 3. The number of hydrogen-bond donors (Lipinski definition) is 2. The first kappa shape index (κ1) is 24.8. The maximum Gasteiger partial charge on any atom is 0.407 e. The smallest absolute Gasteiger partial charge is 0.407 e. The van der Waals surface area contributed by atoms with E-state index in [9.17, 15) is 10.0 Å². The Labute approximate surface area is 226 Å². The number of hydrogen-bond acceptors (Lipinski definition) is 7. The van der Waals surface area contributed by atoms with E-state index in [1.54, 1.807) is 0 Å². The van der Waals surface area contributed by atoms with Gasteiger partial charge in [0.1, 0.15) is 23.8 Å². The molecule has 0 saturated heterocycles. The SMILES string of the molecule is Cc1cccc(-c2c(-c3ccc4c(c3)OCO4)nc(C3CCC(NC(=O)OCc4ccccc4)CC3)n2O)n1. The molecule has 9 nitrogen and oxygen atoms in total. The van der Waals surface area contributed by atoms with Crippen molar-refractivity contribution in [1.82, 2.24) is 20.0 Å². The topological polar surface area (TPSA) is 108 Å². The van der Waals surface area contributed by atoms with E-state index in [2.05, 4.69) is 10.3 Å². The molecule has 9 heteroatoms. The van der Waals surface area contributed by atoms with Gasteiger partial charge in [-0.15, -0.1) is 0 Å². The number of nitrogens with zero attached hydrogens (tertiary/aromatic N) is 3. The second kappa shape index (κ2) is 10.7. The van der Waals surface area contributed by atoms with Crippen molar-refractivity contribution in [2.45, 2.75) is 51.2 Å². The van der Waals surface area contributed by atoms with E-state index >= 15 is 0 Å². The van der Waals surface area contributed by atoms with Gasteiger partial charge in [0.05, 0.1) is 5.69 Å². The van der Waals surface area contributed by atoms with Gasteiger partial charge in [-0.3, -0.25) is 4.98 Å². The predicted octanol–water partition coefficient (Wildman–Crippen LogP) is 5.84. The molecule has 200 valence electrons. The second-order valence-electron chi connectivity index (χ2n) is 9.97. The average molecular weight is 527 g/mol. The molecule has 1 amide bonds. The molecule has 1 saturated carbocycles. The lowest BCUT2D eigenvalue weighted by Crippen LogP contribution is -2.37. The van der Waals surface area contributed by atoms with Crippen LogP contribution in [0.3, 0.4) is 0 Å². The Hall–Kier alpha value is -4.53. The number of aromatic nitrogens is 3. The molecule has 2 aliphatic rings. The van der Waals surface area contributed by atoms with Gasteiger partial charge in [-0.2, -0.15) is 4.73 Å². The Kier molecular flexibility index (Phi) is 6.79. The molecule has 2 N–H and O–H groups in total. The van der Waals surface area contributed by atoms with Crippen molar-refractivity contribution >= 4 is 6.09 Å². The van der Waals surface area contributed by atoms with Crippen LogP contribution in [0.2, 0.25) is 0 Å². The molecule has 39 heavy (non-hydrogen) atoms. The van der Waals surface area contributed by atoms with Crippen LogP contribution in [0.1, 0.15) is 48.7 Å². The Morgan fingerprint density at radius 2 is 1.79 bits per heavy atom. The van der Waals surface area contributed by atoms with E-state index in [0.717, 1.165) is 42.5 Å². The van der Waals surface area contributed by atoms with Crippen molar-refractivity contribution in [2.75, 3.05) is 6.79 Å². The fourth-order valence-corrected chi connectivity index (χ4v) is 5.27. The summed E-state index contributed by atoms with van der Waals surface area (Å²) in [6.45, 7) is 2.34. The van der Waals surface area contributed by atoms with Crippen molar-refractivity contribution in [1.29, 1.82) is 0 Å². The van der Waals surface area contributed by atoms with Crippen molar-refractivity contribution in [3.63, 3.8) is 0 Å². The number of carbonyl (C=O) groups excluding carboxylic acids is 1. The largest absolute Gasteiger partial charge is 0.454 e. The molecule has 6 rings (SSSR count). The summed E-state index contributed by atoms with van der Waals surface area (Å²) in [5.74, 6) is 1.95. The molecule has 2 aromatic carbocycles. The molecule has 0 radical (unpaired) electrons. The normalized spacial score (nSPS) is 18.1. The van der Waals surface area contributed by atoms with Crippen LogP contribution < -0.4 is 14.8 Å². The Morgan fingerprint density at radius 3 is 2.59 bits per heavy atom. The van der Waals surface area contributed by atoms with E-state index in [0.29, 0.717) is 34.4 Å². The van der Waals surface area contributed by atoms with Gasteiger partial charge in [-0.1, -0.05) is 36.4 Å². The van der Waals surface area contributed by atoms with Gasteiger partial charge in [-0.25, -0.2) is 9.78 Å². The third-order valence-electron chi connectivity index (χ3n) is 7.28. The number of aryl methyl sites for hydroxylation is 1. The van der Waals surface area contributed by atoms with Gasteiger partial charge < -0.3 is 24.7 Å². The fourth-order valence-electron chi connectivity index (χ4n) is 5.27. The number of carbonyl (C=O) groups is 1. The number of pyridine rings is 1. The number of amides is 1. The van der Waals surface area contributed by atoms with Crippen LogP contribution in [0.15, 0.2) is 66.7 Å². The van der Waals surface area contributed by atoms with Crippen LogP contribution in [0.4, 0.5) is 4.79 Å². The van der Waals surface area contributed by atoms with E-state index in [-0.39, 0.29) is 25.4 Å². The van der Waals surface area contributed by atoms with E-state index in [1.165, 1.54) is 4.73 Å². The minimum atomic E-state index is -0.413. The Bertz CT molecular complexity index is 1480. The zero-order valence-corrected chi connectivity index (χ0v) is 21.7. The standard InChI is InChI=1S/C30H30N4O5/c1-19-6-5-9-24(31-19)28-27(22-12-15-25-26(16-22)39-18-38-25)33-29(34(28)36)21-10-13-23(14-11-21)32-30(35)37-17-20-7-3-2-4-8-20/h2-9,12,15-16,21,23,36H,10-11,13-14,17-18H2,1H3,(H,32,35). The van der Waals surface area contributed by atoms with E-state index in [4.69, 9.17) is 19.2 Å². The molecule has 4 aromatic rings. The molecule has 3 heterocycles. The molecular formula is C30H30N4O5. The predicted molar refractivity (Wildman–Crippen MR) is 144 cm³/mol. The van der Waals surface area contributed by atoms with Gasteiger partial charge in [0.25, 0.3) is 0 Å². The van der Waals surface area contributed by atoms with Crippen LogP contribution in [-0.4, -0.2) is 38.8 Å². The Morgan fingerprint density at radius 1 is 1.00 bits per heavy atom. The molecule has 1 aliphatic carbocycles.